The molecular formula is C15H24O6. The molecule has 120 valence electrons. The van der Waals surface area contributed by atoms with Gasteiger partial charge >= 0.3 is 5.97 Å². The highest BCUT2D eigenvalue weighted by atomic mass is 16.7. The highest BCUT2D eigenvalue weighted by Crippen LogP contribution is 2.55. The van der Waals surface area contributed by atoms with Crippen molar-refractivity contribution in [1.29, 1.82) is 0 Å². The zero-order chi connectivity index (χ0) is 15.8. The molecule has 6 atom stereocenters. The first-order chi connectivity index (χ1) is 9.75. The number of ether oxygens (including phenoxy) is 3. The number of rotatable bonds is 4. The molecular weight excluding hydrogens is 276 g/mol. The molecule has 21 heavy (non-hydrogen) atoms. The van der Waals surface area contributed by atoms with Crippen molar-refractivity contribution in [1.82, 2.24) is 0 Å². The molecule has 0 radical (unpaired) electrons. The smallest absolute Gasteiger partial charge is 0.302 e. The van der Waals surface area contributed by atoms with Crippen LogP contribution in [0.2, 0.25) is 0 Å². The quantitative estimate of drug-likeness (QED) is 0.589. The van der Waals surface area contributed by atoms with E-state index < -0.39 is 29.5 Å². The lowest BCUT2D eigenvalue weighted by Crippen LogP contribution is -2.54. The molecule has 0 aromatic rings. The van der Waals surface area contributed by atoms with Gasteiger partial charge in [0.25, 0.3) is 0 Å². The SMILES string of the molecule is CC[C@H]1O[C@@H]2O[C@H](/C=C/COC(C)=O)[C@H](O)[C@]2(C)[C@@]1(C)O. The van der Waals surface area contributed by atoms with Crippen molar-refractivity contribution in [2.75, 3.05) is 6.61 Å². The van der Waals surface area contributed by atoms with Crippen LogP contribution in [-0.4, -0.2) is 53.0 Å². The Balaban J connectivity index is 2.08. The molecule has 0 aromatic heterocycles. The summed E-state index contributed by atoms with van der Waals surface area (Å²) in [6, 6.07) is 0. The van der Waals surface area contributed by atoms with E-state index in [1.54, 1.807) is 26.0 Å². The average molecular weight is 300 g/mol. The maximum atomic E-state index is 10.8. The second-order valence-electron chi connectivity index (χ2n) is 6.07. The first-order valence-electron chi connectivity index (χ1n) is 7.26. The van der Waals surface area contributed by atoms with Gasteiger partial charge in [-0.15, -0.1) is 0 Å². The fourth-order valence-corrected chi connectivity index (χ4v) is 3.18. The molecule has 6 heteroatoms. The molecule has 2 aliphatic rings. The largest absolute Gasteiger partial charge is 0.462 e. The zero-order valence-electron chi connectivity index (χ0n) is 12.9. The Labute approximate surface area is 124 Å². The van der Waals surface area contributed by atoms with E-state index in [4.69, 9.17) is 14.2 Å². The van der Waals surface area contributed by atoms with Crippen molar-refractivity contribution < 1.29 is 29.2 Å². The van der Waals surface area contributed by atoms with Crippen molar-refractivity contribution >= 4 is 5.97 Å². The van der Waals surface area contributed by atoms with E-state index in [-0.39, 0.29) is 18.7 Å². The predicted molar refractivity (Wildman–Crippen MR) is 74.3 cm³/mol. The van der Waals surface area contributed by atoms with Crippen LogP contribution in [0.4, 0.5) is 0 Å². The van der Waals surface area contributed by atoms with Gasteiger partial charge in [0.15, 0.2) is 6.29 Å². The van der Waals surface area contributed by atoms with Crippen molar-refractivity contribution in [3.63, 3.8) is 0 Å². The maximum absolute atomic E-state index is 10.8. The van der Waals surface area contributed by atoms with Gasteiger partial charge < -0.3 is 24.4 Å². The van der Waals surface area contributed by atoms with Crippen molar-refractivity contribution in [2.45, 2.75) is 64.3 Å². The number of hydrogen-bond acceptors (Lipinski definition) is 6. The summed E-state index contributed by atoms with van der Waals surface area (Å²) in [6.45, 7) is 6.83. The van der Waals surface area contributed by atoms with Crippen LogP contribution in [0.5, 0.6) is 0 Å². The maximum Gasteiger partial charge on any atom is 0.302 e. The summed E-state index contributed by atoms with van der Waals surface area (Å²) < 4.78 is 16.3. The van der Waals surface area contributed by atoms with Gasteiger partial charge in [-0.05, 0) is 26.3 Å². The number of esters is 1. The highest BCUT2D eigenvalue weighted by Gasteiger charge is 2.69. The summed E-state index contributed by atoms with van der Waals surface area (Å²) in [5.74, 6) is -0.367. The van der Waals surface area contributed by atoms with E-state index in [1.807, 2.05) is 6.92 Å². The average Bonchev–Trinajstić information content (AvgIpc) is 2.76. The molecule has 2 fully saturated rings. The Kier molecular flexibility index (Phi) is 4.44. The van der Waals surface area contributed by atoms with Crippen LogP contribution < -0.4 is 0 Å². The lowest BCUT2D eigenvalue weighted by molar-refractivity contribution is -0.144. The van der Waals surface area contributed by atoms with E-state index in [9.17, 15) is 15.0 Å². The molecule has 0 aromatic carbocycles. The predicted octanol–water partition coefficient (Wildman–Crippen LogP) is 0.758. The summed E-state index contributed by atoms with van der Waals surface area (Å²) in [6.07, 6.45) is 1.37. The van der Waals surface area contributed by atoms with Gasteiger partial charge in [0.1, 0.15) is 18.3 Å². The first kappa shape index (κ1) is 16.4. The molecule has 2 N–H and O–H groups in total. The van der Waals surface area contributed by atoms with Crippen LogP contribution in [0.1, 0.15) is 34.1 Å². The van der Waals surface area contributed by atoms with Crippen molar-refractivity contribution in [2.24, 2.45) is 5.41 Å². The number of hydrogen-bond donors (Lipinski definition) is 2. The Bertz CT molecular complexity index is 432. The van der Waals surface area contributed by atoms with E-state index in [0.29, 0.717) is 6.42 Å². The summed E-state index contributed by atoms with van der Waals surface area (Å²) in [4.78, 5) is 10.7. The van der Waals surface area contributed by atoms with Gasteiger partial charge in [-0.25, -0.2) is 0 Å². The Morgan fingerprint density at radius 2 is 2.05 bits per heavy atom. The van der Waals surface area contributed by atoms with Crippen LogP contribution in [0.3, 0.4) is 0 Å². The molecule has 0 unspecified atom stereocenters. The minimum Gasteiger partial charge on any atom is -0.462 e. The standard InChI is InChI=1S/C15H24O6/c1-5-11-15(4,18)14(3)12(17)10(20-13(14)21-11)7-6-8-19-9(2)16/h6-7,10-13,17-18H,5,8H2,1-4H3/b7-6+/t10-,11-,12+,13+,14+,15+/m1/s1. The molecule has 2 heterocycles. The van der Waals surface area contributed by atoms with Crippen LogP contribution in [0, 0.1) is 5.41 Å². The van der Waals surface area contributed by atoms with Crippen molar-refractivity contribution in [3.05, 3.63) is 12.2 Å². The number of fused-ring (bicyclic) bond motifs is 1. The highest BCUT2D eigenvalue weighted by molar-refractivity contribution is 5.65. The van der Waals surface area contributed by atoms with Crippen LogP contribution >= 0.6 is 0 Å². The molecule has 0 bridgehead atoms. The fraction of sp³-hybridized carbons (Fsp3) is 0.800. The summed E-state index contributed by atoms with van der Waals surface area (Å²) >= 11 is 0. The molecule has 0 aliphatic carbocycles. The molecule has 0 saturated carbocycles. The van der Waals surface area contributed by atoms with Gasteiger partial charge in [-0.1, -0.05) is 13.0 Å². The Hall–Kier alpha value is -0.950. The molecule has 2 rings (SSSR count). The minimum atomic E-state index is -1.18. The second-order valence-corrected chi connectivity index (χ2v) is 6.07. The topological polar surface area (TPSA) is 85.2 Å². The molecule has 0 spiro atoms. The van der Waals surface area contributed by atoms with Gasteiger partial charge in [0.05, 0.1) is 17.6 Å². The number of carbonyl (C=O) groups excluding carboxylic acids is 1. The number of aliphatic hydroxyl groups excluding tert-OH is 1. The van der Waals surface area contributed by atoms with Gasteiger partial charge in [-0.2, -0.15) is 0 Å². The van der Waals surface area contributed by atoms with E-state index in [1.165, 1.54) is 6.92 Å². The van der Waals surface area contributed by atoms with Gasteiger partial charge in [0.2, 0.25) is 0 Å². The van der Waals surface area contributed by atoms with Crippen molar-refractivity contribution in [3.8, 4) is 0 Å². The van der Waals surface area contributed by atoms with Gasteiger partial charge in [-0.3, -0.25) is 4.79 Å². The third-order valence-corrected chi connectivity index (χ3v) is 4.78. The Morgan fingerprint density at radius 3 is 2.57 bits per heavy atom. The first-order valence-corrected chi connectivity index (χ1v) is 7.26. The lowest BCUT2D eigenvalue weighted by Gasteiger charge is -2.38. The second kappa shape index (κ2) is 5.68. The van der Waals surface area contributed by atoms with E-state index >= 15 is 0 Å². The Morgan fingerprint density at radius 1 is 1.38 bits per heavy atom. The fourth-order valence-electron chi connectivity index (χ4n) is 3.18. The van der Waals surface area contributed by atoms with Crippen LogP contribution in [0.25, 0.3) is 0 Å². The third-order valence-electron chi connectivity index (χ3n) is 4.78. The van der Waals surface area contributed by atoms with Gasteiger partial charge in [0, 0.05) is 6.92 Å². The van der Waals surface area contributed by atoms with E-state index in [2.05, 4.69) is 0 Å². The monoisotopic (exact) mass is 300 g/mol. The third kappa shape index (κ3) is 2.50. The summed E-state index contributed by atoms with van der Waals surface area (Å²) in [5, 5.41) is 21.3. The lowest BCUT2D eigenvalue weighted by atomic mass is 9.69. The number of aliphatic hydroxyl groups is 2. The molecule has 6 nitrogen and oxygen atoms in total. The molecule has 2 aliphatic heterocycles. The molecule has 0 amide bonds. The minimum absolute atomic E-state index is 0.123. The number of carbonyl (C=O) groups is 1. The summed E-state index contributed by atoms with van der Waals surface area (Å²) in [7, 11) is 0. The van der Waals surface area contributed by atoms with Crippen LogP contribution in [0.15, 0.2) is 12.2 Å². The normalized spacial score (nSPS) is 46.0. The van der Waals surface area contributed by atoms with E-state index in [0.717, 1.165) is 0 Å². The van der Waals surface area contributed by atoms with Crippen LogP contribution in [-0.2, 0) is 19.0 Å². The zero-order valence-corrected chi connectivity index (χ0v) is 12.9. The molecule has 2 saturated heterocycles. The summed E-state index contributed by atoms with van der Waals surface area (Å²) in [5.41, 5.74) is -2.07.